The average Bonchev–Trinajstić information content (AvgIpc) is 2.83. The van der Waals surface area contributed by atoms with Gasteiger partial charge in [-0.15, -0.1) is 0 Å². The van der Waals surface area contributed by atoms with Gasteiger partial charge in [0.2, 0.25) is 0 Å². The number of hydrogen-bond donors (Lipinski definition) is 1. The smallest absolute Gasteiger partial charge is 0.335 e. The number of carbonyl (C=O) groups is 3. The van der Waals surface area contributed by atoms with Crippen LogP contribution in [0.4, 0.5) is 14.9 Å². The van der Waals surface area contributed by atoms with Gasteiger partial charge in [0.05, 0.1) is 16.4 Å². The Balaban J connectivity index is 1.64. The topological polar surface area (TPSA) is 84.9 Å². The molecule has 178 valence electrons. The maximum absolute atomic E-state index is 13.3. The normalized spacial score (nSPS) is 14.8. The first kappa shape index (κ1) is 24.7. The lowest BCUT2D eigenvalue weighted by atomic mass is 10.1. The lowest BCUT2D eigenvalue weighted by Crippen LogP contribution is -2.54. The summed E-state index contributed by atoms with van der Waals surface area (Å²) in [6.07, 6.45) is 1.35. The number of barbiturate groups is 1. The van der Waals surface area contributed by atoms with Gasteiger partial charge in [0.1, 0.15) is 18.0 Å². The van der Waals surface area contributed by atoms with E-state index >= 15 is 0 Å². The van der Waals surface area contributed by atoms with Crippen molar-refractivity contribution in [2.24, 2.45) is 0 Å². The zero-order valence-electron chi connectivity index (χ0n) is 18.2. The van der Waals surface area contributed by atoms with E-state index in [9.17, 15) is 18.8 Å². The number of urea groups is 1. The molecule has 4 amide bonds. The van der Waals surface area contributed by atoms with E-state index < -0.39 is 23.7 Å². The molecule has 0 spiro atoms. The molecule has 0 aliphatic carbocycles. The maximum atomic E-state index is 13.3. The predicted molar refractivity (Wildman–Crippen MR) is 137 cm³/mol. The Hall–Kier alpha value is -3.44. The highest BCUT2D eigenvalue weighted by atomic mass is 127. The molecular weight excluding hydrogens is 590 g/mol. The fourth-order valence-electron chi connectivity index (χ4n) is 3.38. The predicted octanol–water partition coefficient (Wildman–Crippen LogP) is 5.34. The van der Waals surface area contributed by atoms with Crippen LogP contribution in [0, 0.1) is 9.39 Å². The van der Waals surface area contributed by atoms with E-state index in [0.29, 0.717) is 25.7 Å². The number of amides is 4. The molecule has 0 saturated carbocycles. The Kier molecular flexibility index (Phi) is 7.37. The van der Waals surface area contributed by atoms with Gasteiger partial charge in [-0.3, -0.25) is 14.9 Å². The van der Waals surface area contributed by atoms with Crippen LogP contribution in [0.3, 0.4) is 0 Å². The first-order valence-electron chi connectivity index (χ1n) is 10.2. The second-order valence-corrected chi connectivity index (χ2v) is 8.92. The molecule has 0 unspecified atom stereocenters. The van der Waals surface area contributed by atoms with E-state index in [0.717, 1.165) is 22.6 Å². The van der Waals surface area contributed by atoms with Gasteiger partial charge in [0.15, 0.2) is 11.5 Å². The van der Waals surface area contributed by atoms with Crippen molar-refractivity contribution in [3.63, 3.8) is 0 Å². The van der Waals surface area contributed by atoms with Crippen LogP contribution in [0.1, 0.15) is 11.1 Å². The van der Waals surface area contributed by atoms with Crippen molar-refractivity contribution in [1.82, 2.24) is 5.32 Å². The standard InChI is InChI=1S/C25H17ClFIN2O5/c1-34-21-12-14(11-20(28)22(21)35-13-15-4-2-3-5-19(15)26)10-18-23(31)29-25(33)30(24(18)32)17-8-6-16(27)7-9-17/h2-12H,13H2,1H3,(H,29,31,33)/b18-10+. The van der Waals surface area contributed by atoms with Crippen LogP contribution in [0.25, 0.3) is 6.08 Å². The van der Waals surface area contributed by atoms with Crippen molar-refractivity contribution < 1.29 is 28.2 Å². The Morgan fingerprint density at radius 2 is 1.80 bits per heavy atom. The van der Waals surface area contributed by atoms with Crippen LogP contribution in [0.5, 0.6) is 11.5 Å². The molecule has 3 aromatic carbocycles. The van der Waals surface area contributed by atoms with Gasteiger partial charge >= 0.3 is 6.03 Å². The third-order valence-electron chi connectivity index (χ3n) is 5.08. The van der Waals surface area contributed by atoms with Gasteiger partial charge in [-0.05, 0) is 76.7 Å². The van der Waals surface area contributed by atoms with Crippen molar-refractivity contribution in [3.8, 4) is 11.5 Å². The number of imide groups is 2. The molecule has 1 fully saturated rings. The Bertz CT molecular complexity index is 1360. The number of halogens is 3. The second-order valence-electron chi connectivity index (χ2n) is 7.35. The van der Waals surface area contributed by atoms with Crippen molar-refractivity contribution >= 4 is 63.8 Å². The van der Waals surface area contributed by atoms with Crippen LogP contribution < -0.4 is 19.7 Å². The Labute approximate surface area is 218 Å². The molecule has 0 bridgehead atoms. The zero-order valence-corrected chi connectivity index (χ0v) is 21.1. The molecule has 1 aliphatic rings. The summed E-state index contributed by atoms with van der Waals surface area (Å²) >= 11 is 8.26. The first-order chi connectivity index (χ1) is 16.8. The summed E-state index contributed by atoms with van der Waals surface area (Å²) in [5.41, 5.74) is 1.13. The van der Waals surface area contributed by atoms with E-state index in [-0.39, 0.29) is 17.9 Å². The number of anilines is 1. The lowest BCUT2D eigenvalue weighted by Gasteiger charge is -2.26. The molecule has 7 nitrogen and oxygen atoms in total. The summed E-state index contributed by atoms with van der Waals surface area (Å²) in [6.45, 7) is 0.210. The van der Waals surface area contributed by atoms with Crippen LogP contribution in [-0.2, 0) is 16.2 Å². The number of benzene rings is 3. The summed E-state index contributed by atoms with van der Waals surface area (Å²) in [6, 6.07) is 14.5. The monoisotopic (exact) mass is 606 g/mol. The molecule has 0 radical (unpaired) electrons. The highest BCUT2D eigenvalue weighted by Gasteiger charge is 2.36. The third-order valence-corrected chi connectivity index (χ3v) is 6.25. The number of ether oxygens (including phenoxy) is 2. The molecule has 35 heavy (non-hydrogen) atoms. The molecule has 10 heteroatoms. The second kappa shape index (κ2) is 10.4. The van der Waals surface area contributed by atoms with Gasteiger partial charge < -0.3 is 9.47 Å². The molecule has 0 atom stereocenters. The van der Waals surface area contributed by atoms with E-state index in [1.807, 2.05) is 18.2 Å². The molecule has 1 heterocycles. The average molecular weight is 607 g/mol. The van der Waals surface area contributed by atoms with Gasteiger partial charge in [-0.2, -0.15) is 0 Å². The van der Waals surface area contributed by atoms with Gasteiger partial charge in [-0.1, -0.05) is 29.8 Å². The van der Waals surface area contributed by atoms with E-state index in [2.05, 4.69) is 27.9 Å². The molecule has 1 N–H and O–H groups in total. The van der Waals surface area contributed by atoms with Crippen molar-refractivity contribution in [2.45, 2.75) is 6.61 Å². The van der Waals surface area contributed by atoms with Crippen LogP contribution in [0.2, 0.25) is 5.02 Å². The molecular formula is C25H17ClFIN2O5. The minimum absolute atomic E-state index is 0.128. The fourth-order valence-corrected chi connectivity index (χ4v) is 4.35. The van der Waals surface area contributed by atoms with E-state index in [1.165, 1.54) is 25.3 Å². The van der Waals surface area contributed by atoms with Gasteiger partial charge in [0.25, 0.3) is 11.8 Å². The molecule has 1 saturated heterocycles. The number of nitrogens with zero attached hydrogens (tertiary/aromatic N) is 1. The van der Waals surface area contributed by atoms with Gasteiger partial charge in [0, 0.05) is 10.6 Å². The summed E-state index contributed by atoms with van der Waals surface area (Å²) < 4.78 is 25.4. The molecule has 3 aromatic rings. The summed E-state index contributed by atoms with van der Waals surface area (Å²) in [4.78, 5) is 38.6. The number of nitrogens with one attached hydrogen (secondary N) is 1. The minimum Gasteiger partial charge on any atom is -0.493 e. The van der Waals surface area contributed by atoms with Gasteiger partial charge in [-0.25, -0.2) is 14.1 Å². The SMILES string of the molecule is COc1cc(/C=C2\C(=O)NC(=O)N(c3ccc(F)cc3)C2=O)cc(I)c1OCc1ccccc1Cl. The van der Waals surface area contributed by atoms with E-state index in [1.54, 1.807) is 18.2 Å². The largest absolute Gasteiger partial charge is 0.493 e. The van der Waals surface area contributed by atoms with Crippen LogP contribution in [0.15, 0.2) is 66.2 Å². The number of carbonyl (C=O) groups excluding carboxylic acids is 3. The van der Waals surface area contributed by atoms with Crippen LogP contribution in [-0.4, -0.2) is 25.0 Å². The number of hydrogen-bond acceptors (Lipinski definition) is 5. The first-order valence-corrected chi connectivity index (χ1v) is 11.6. The zero-order chi connectivity index (χ0) is 25.1. The Morgan fingerprint density at radius 3 is 2.49 bits per heavy atom. The van der Waals surface area contributed by atoms with Crippen LogP contribution >= 0.6 is 34.2 Å². The molecule has 0 aromatic heterocycles. The maximum Gasteiger partial charge on any atom is 0.335 e. The van der Waals surface area contributed by atoms with Crippen molar-refractivity contribution in [3.05, 3.63) is 91.8 Å². The quantitative estimate of drug-likeness (QED) is 0.233. The van der Waals surface area contributed by atoms with E-state index in [4.69, 9.17) is 21.1 Å². The minimum atomic E-state index is -0.917. The highest BCUT2D eigenvalue weighted by Crippen LogP contribution is 2.36. The number of rotatable bonds is 6. The fraction of sp³-hybridized carbons (Fsp3) is 0.0800. The highest BCUT2D eigenvalue weighted by molar-refractivity contribution is 14.1. The summed E-state index contributed by atoms with van der Waals surface area (Å²) in [5, 5.41) is 2.71. The lowest BCUT2D eigenvalue weighted by molar-refractivity contribution is -0.122. The summed E-state index contributed by atoms with van der Waals surface area (Å²) in [7, 11) is 1.47. The number of methoxy groups -OCH3 is 1. The molecule has 1 aliphatic heterocycles. The van der Waals surface area contributed by atoms with Crippen molar-refractivity contribution in [2.75, 3.05) is 12.0 Å². The Morgan fingerprint density at radius 1 is 1.09 bits per heavy atom. The van der Waals surface area contributed by atoms with Crippen molar-refractivity contribution in [1.29, 1.82) is 0 Å². The molecule has 4 rings (SSSR count). The third kappa shape index (κ3) is 5.30. The summed E-state index contributed by atoms with van der Waals surface area (Å²) in [5.74, 6) is -1.35.